The summed E-state index contributed by atoms with van der Waals surface area (Å²) >= 11 is 0. The van der Waals surface area contributed by atoms with Crippen molar-refractivity contribution < 1.29 is 9.59 Å². The van der Waals surface area contributed by atoms with E-state index < -0.39 is 0 Å². The second-order valence-electron chi connectivity index (χ2n) is 8.23. The number of hydrogen-bond acceptors (Lipinski definition) is 2. The lowest BCUT2D eigenvalue weighted by molar-refractivity contribution is 0.238. The summed E-state index contributed by atoms with van der Waals surface area (Å²) in [6.07, 6.45) is 4.87. The Labute approximate surface area is 182 Å². The highest BCUT2D eigenvalue weighted by atomic mass is 16.2. The topological polar surface area (TPSA) is 98.1 Å². The SMILES string of the molecule is Cc1ccc2c(CCNC(=O)NC(C)c3ccc(NC(=O)NC4CC4)cc3)c[nH]c2c1. The fraction of sp³-hybridized carbons (Fsp3) is 0.333. The van der Waals surface area contributed by atoms with E-state index in [2.05, 4.69) is 51.4 Å². The lowest BCUT2D eigenvalue weighted by atomic mass is 10.1. The monoisotopic (exact) mass is 419 g/mol. The molecule has 0 spiro atoms. The summed E-state index contributed by atoms with van der Waals surface area (Å²) < 4.78 is 0. The minimum atomic E-state index is -0.200. The van der Waals surface area contributed by atoms with Gasteiger partial charge in [0.1, 0.15) is 0 Å². The molecule has 162 valence electrons. The molecule has 5 N–H and O–H groups in total. The molecule has 1 fully saturated rings. The lowest BCUT2D eigenvalue weighted by Gasteiger charge is -2.16. The van der Waals surface area contributed by atoms with Gasteiger partial charge in [0.2, 0.25) is 0 Å². The summed E-state index contributed by atoms with van der Waals surface area (Å²) in [7, 11) is 0. The Morgan fingerprint density at radius 1 is 1.10 bits per heavy atom. The number of amides is 4. The van der Waals surface area contributed by atoms with Crippen molar-refractivity contribution in [2.75, 3.05) is 11.9 Å². The van der Waals surface area contributed by atoms with Gasteiger partial charge in [-0.1, -0.05) is 24.3 Å². The molecule has 1 aliphatic carbocycles. The van der Waals surface area contributed by atoms with Gasteiger partial charge < -0.3 is 26.3 Å². The van der Waals surface area contributed by atoms with Crippen molar-refractivity contribution in [3.63, 3.8) is 0 Å². The first kappa shape index (κ1) is 20.8. The van der Waals surface area contributed by atoms with Crippen LogP contribution < -0.4 is 21.3 Å². The van der Waals surface area contributed by atoms with E-state index in [4.69, 9.17) is 0 Å². The van der Waals surface area contributed by atoms with Gasteiger partial charge in [0.15, 0.2) is 0 Å². The Morgan fingerprint density at radius 2 is 1.87 bits per heavy atom. The Hall–Kier alpha value is -3.48. The van der Waals surface area contributed by atoms with Crippen molar-refractivity contribution in [1.29, 1.82) is 0 Å². The van der Waals surface area contributed by atoms with Gasteiger partial charge in [-0.25, -0.2) is 9.59 Å². The summed E-state index contributed by atoms with van der Waals surface area (Å²) in [5.74, 6) is 0. The average Bonchev–Trinajstić information content (AvgIpc) is 3.46. The largest absolute Gasteiger partial charge is 0.361 e. The van der Waals surface area contributed by atoms with Gasteiger partial charge in [0.25, 0.3) is 0 Å². The van der Waals surface area contributed by atoms with Gasteiger partial charge in [0.05, 0.1) is 6.04 Å². The number of anilines is 1. The normalized spacial score (nSPS) is 14.1. The minimum absolute atomic E-state index is 0.148. The Bertz CT molecular complexity index is 1070. The van der Waals surface area contributed by atoms with Crippen LogP contribution in [-0.2, 0) is 6.42 Å². The number of hydrogen-bond donors (Lipinski definition) is 5. The highest BCUT2D eigenvalue weighted by Crippen LogP contribution is 2.21. The van der Waals surface area contributed by atoms with Crippen LogP contribution in [0.15, 0.2) is 48.7 Å². The van der Waals surface area contributed by atoms with E-state index in [9.17, 15) is 9.59 Å². The number of aromatic nitrogens is 1. The summed E-state index contributed by atoms with van der Waals surface area (Å²) in [5.41, 5.74) is 5.23. The maximum absolute atomic E-state index is 12.3. The molecule has 31 heavy (non-hydrogen) atoms. The van der Waals surface area contributed by atoms with E-state index >= 15 is 0 Å². The third-order valence-corrected chi connectivity index (χ3v) is 5.53. The van der Waals surface area contributed by atoms with Crippen LogP contribution in [0.3, 0.4) is 0 Å². The van der Waals surface area contributed by atoms with Gasteiger partial charge in [-0.3, -0.25) is 0 Å². The van der Waals surface area contributed by atoms with E-state index in [1.54, 1.807) is 0 Å². The molecule has 7 heteroatoms. The van der Waals surface area contributed by atoms with Crippen molar-refractivity contribution >= 4 is 28.7 Å². The number of fused-ring (bicyclic) bond motifs is 1. The zero-order chi connectivity index (χ0) is 21.8. The molecular weight excluding hydrogens is 390 g/mol. The predicted octanol–water partition coefficient (Wildman–Crippen LogP) is 4.36. The number of rotatable bonds is 7. The number of H-pyrrole nitrogens is 1. The molecule has 2 aromatic carbocycles. The Balaban J connectivity index is 1.22. The van der Waals surface area contributed by atoms with Crippen LogP contribution in [-0.4, -0.2) is 29.6 Å². The number of aryl methyl sites for hydroxylation is 1. The maximum Gasteiger partial charge on any atom is 0.319 e. The van der Waals surface area contributed by atoms with E-state index in [1.807, 2.05) is 37.4 Å². The number of aromatic amines is 1. The van der Waals surface area contributed by atoms with Crippen molar-refractivity contribution in [2.45, 2.75) is 45.2 Å². The van der Waals surface area contributed by atoms with Gasteiger partial charge in [-0.05, 0) is 68.0 Å². The molecule has 0 radical (unpaired) electrons. The molecule has 0 bridgehead atoms. The number of urea groups is 2. The van der Waals surface area contributed by atoms with E-state index in [0.717, 1.165) is 36.0 Å². The van der Waals surface area contributed by atoms with Crippen LogP contribution in [0.1, 0.15) is 42.5 Å². The molecule has 3 aromatic rings. The molecule has 1 aromatic heterocycles. The zero-order valence-corrected chi connectivity index (χ0v) is 17.9. The van der Waals surface area contributed by atoms with Gasteiger partial charge in [0, 0.05) is 35.4 Å². The fourth-order valence-corrected chi connectivity index (χ4v) is 3.58. The van der Waals surface area contributed by atoms with Crippen LogP contribution in [0.5, 0.6) is 0 Å². The Kier molecular flexibility index (Phi) is 6.11. The average molecular weight is 420 g/mol. The van der Waals surface area contributed by atoms with Crippen molar-refractivity contribution in [3.8, 4) is 0 Å². The maximum atomic E-state index is 12.3. The molecule has 1 saturated carbocycles. The second-order valence-corrected chi connectivity index (χ2v) is 8.23. The van der Waals surface area contributed by atoms with E-state index in [1.165, 1.54) is 16.5 Å². The Morgan fingerprint density at radius 3 is 2.61 bits per heavy atom. The molecule has 1 atom stereocenters. The van der Waals surface area contributed by atoms with Crippen molar-refractivity contribution in [3.05, 3.63) is 65.4 Å². The summed E-state index contributed by atoms with van der Waals surface area (Å²) in [4.78, 5) is 27.4. The first-order valence-corrected chi connectivity index (χ1v) is 10.8. The van der Waals surface area contributed by atoms with Crippen molar-refractivity contribution in [2.24, 2.45) is 0 Å². The van der Waals surface area contributed by atoms with E-state index in [-0.39, 0.29) is 18.1 Å². The molecule has 4 amide bonds. The molecule has 0 aliphatic heterocycles. The first-order valence-electron chi connectivity index (χ1n) is 10.8. The predicted molar refractivity (Wildman–Crippen MR) is 123 cm³/mol. The number of carbonyl (C=O) groups is 2. The van der Waals surface area contributed by atoms with Crippen molar-refractivity contribution in [1.82, 2.24) is 20.9 Å². The molecule has 1 aliphatic rings. The molecule has 1 heterocycles. The van der Waals surface area contributed by atoms with Gasteiger partial charge in [-0.15, -0.1) is 0 Å². The third kappa shape index (κ3) is 5.57. The quantitative estimate of drug-likeness (QED) is 0.393. The van der Waals surface area contributed by atoms with Crippen LogP contribution in [0.2, 0.25) is 0 Å². The van der Waals surface area contributed by atoms with E-state index in [0.29, 0.717) is 12.6 Å². The molecule has 0 saturated heterocycles. The van der Waals surface area contributed by atoms with Crippen LogP contribution in [0.4, 0.5) is 15.3 Å². The standard InChI is InChI=1S/C24H29N5O2/c1-15-3-10-21-18(14-26-22(21)13-15)11-12-25-23(30)27-16(2)17-4-6-19(7-5-17)28-24(31)29-20-8-9-20/h3-7,10,13-14,16,20,26H,8-9,11-12H2,1-2H3,(H2,25,27,30)(H2,28,29,31). The highest BCUT2D eigenvalue weighted by Gasteiger charge is 2.23. The second kappa shape index (κ2) is 9.12. The summed E-state index contributed by atoms with van der Waals surface area (Å²) in [6, 6.07) is 13.6. The summed E-state index contributed by atoms with van der Waals surface area (Å²) in [5, 5.41) is 12.8. The molecule has 1 unspecified atom stereocenters. The minimum Gasteiger partial charge on any atom is -0.361 e. The smallest absolute Gasteiger partial charge is 0.319 e. The molecule has 7 nitrogen and oxygen atoms in total. The number of nitrogens with one attached hydrogen (secondary N) is 5. The molecule has 4 rings (SSSR count). The van der Waals surface area contributed by atoms with Crippen LogP contribution in [0, 0.1) is 6.92 Å². The number of benzene rings is 2. The summed E-state index contributed by atoms with van der Waals surface area (Å²) in [6.45, 7) is 4.56. The zero-order valence-electron chi connectivity index (χ0n) is 17.9. The van der Waals surface area contributed by atoms with Crippen LogP contribution in [0.25, 0.3) is 10.9 Å². The number of carbonyl (C=O) groups excluding carboxylic acids is 2. The van der Waals surface area contributed by atoms with Gasteiger partial charge in [-0.2, -0.15) is 0 Å². The lowest BCUT2D eigenvalue weighted by Crippen LogP contribution is -2.38. The van der Waals surface area contributed by atoms with Crippen LogP contribution >= 0.6 is 0 Å². The fourth-order valence-electron chi connectivity index (χ4n) is 3.58. The van der Waals surface area contributed by atoms with Gasteiger partial charge >= 0.3 is 12.1 Å². The third-order valence-electron chi connectivity index (χ3n) is 5.53. The first-order chi connectivity index (χ1) is 15.0. The highest BCUT2D eigenvalue weighted by molar-refractivity contribution is 5.89. The molecular formula is C24H29N5O2.